The second-order valence-corrected chi connectivity index (χ2v) is 6.06. The van der Waals surface area contributed by atoms with Crippen LogP contribution < -0.4 is 16.0 Å². The zero-order valence-corrected chi connectivity index (χ0v) is 12.4. The van der Waals surface area contributed by atoms with Gasteiger partial charge in [0, 0.05) is 31.7 Å². The second-order valence-electron chi connectivity index (χ2n) is 6.06. The van der Waals surface area contributed by atoms with Gasteiger partial charge in [0.15, 0.2) is 0 Å². The lowest BCUT2D eigenvalue weighted by Crippen LogP contribution is -2.35. The molecule has 3 N–H and O–H groups in total. The summed E-state index contributed by atoms with van der Waals surface area (Å²) in [5.41, 5.74) is 8.16. The number of aryl methyl sites for hydroxylation is 1. The summed E-state index contributed by atoms with van der Waals surface area (Å²) in [4.78, 5) is 12.0. The maximum atomic E-state index is 5.60. The summed E-state index contributed by atoms with van der Waals surface area (Å²) in [6, 6.07) is 0. The van der Waals surface area contributed by atoms with Gasteiger partial charge in [0.25, 0.3) is 0 Å². The first-order chi connectivity index (χ1) is 9.78. The molecule has 1 aliphatic carbocycles. The molecule has 1 fully saturated rings. The number of nitrogens with zero attached hydrogens (tertiary/aromatic N) is 3. The second kappa shape index (κ2) is 5.95. The fourth-order valence-electron chi connectivity index (χ4n) is 3.27. The third-order valence-corrected chi connectivity index (χ3v) is 4.30. The molecule has 0 aromatic carbocycles. The zero-order valence-electron chi connectivity index (χ0n) is 12.4. The third kappa shape index (κ3) is 2.73. The Hall–Kier alpha value is -1.36. The molecule has 1 atom stereocenters. The molecule has 5 nitrogen and oxygen atoms in total. The van der Waals surface area contributed by atoms with Crippen LogP contribution in [-0.2, 0) is 12.8 Å². The molecule has 0 amide bonds. The minimum atomic E-state index is 0.634. The van der Waals surface area contributed by atoms with E-state index in [2.05, 4.69) is 17.1 Å². The molecular formula is C15H25N5. The van der Waals surface area contributed by atoms with Gasteiger partial charge in [-0.2, -0.15) is 4.98 Å². The van der Waals surface area contributed by atoms with Gasteiger partial charge in [-0.3, -0.25) is 0 Å². The van der Waals surface area contributed by atoms with E-state index in [1.807, 2.05) is 0 Å². The average molecular weight is 275 g/mol. The average Bonchev–Trinajstić information content (AvgIpc) is 2.93. The van der Waals surface area contributed by atoms with Gasteiger partial charge in [0.1, 0.15) is 5.82 Å². The summed E-state index contributed by atoms with van der Waals surface area (Å²) in [6.45, 7) is 5.88. The van der Waals surface area contributed by atoms with Crippen LogP contribution in [0.25, 0.3) is 0 Å². The number of nitrogens with one attached hydrogen (secondary N) is 1. The van der Waals surface area contributed by atoms with Gasteiger partial charge in [-0.1, -0.05) is 6.92 Å². The Bertz CT molecular complexity index is 474. The lowest BCUT2D eigenvalue weighted by Gasteiger charge is -2.31. The van der Waals surface area contributed by atoms with Crippen LogP contribution in [0, 0.1) is 5.92 Å². The van der Waals surface area contributed by atoms with Crippen molar-refractivity contribution in [3.05, 3.63) is 11.3 Å². The van der Waals surface area contributed by atoms with E-state index in [4.69, 9.17) is 15.7 Å². The van der Waals surface area contributed by atoms with Crippen molar-refractivity contribution < 1.29 is 0 Å². The zero-order chi connectivity index (χ0) is 13.9. The largest absolute Gasteiger partial charge is 0.368 e. The first-order valence-electron chi connectivity index (χ1n) is 7.86. The molecule has 5 heteroatoms. The molecule has 1 aromatic rings. The van der Waals surface area contributed by atoms with Crippen LogP contribution >= 0.6 is 0 Å². The van der Waals surface area contributed by atoms with Crippen molar-refractivity contribution in [2.45, 2.75) is 39.0 Å². The van der Waals surface area contributed by atoms with Crippen LogP contribution in [0.1, 0.15) is 37.4 Å². The van der Waals surface area contributed by atoms with E-state index in [9.17, 15) is 0 Å². The summed E-state index contributed by atoms with van der Waals surface area (Å²) in [6.07, 6.45) is 5.94. The van der Waals surface area contributed by atoms with E-state index in [-0.39, 0.29) is 0 Å². The van der Waals surface area contributed by atoms with Gasteiger partial charge < -0.3 is 16.0 Å². The van der Waals surface area contributed by atoms with E-state index in [1.165, 1.54) is 30.5 Å². The van der Waals surface area contributed by atoms with Gasteiger partial charge in [0.05, 0.1) is 5.69 Å². The van der Waals surface area contributed by atoms with E-state index < -0.39 is 0 Å². The summed E-state index contributed by atoms with van der Waals surface area (Å²) < 4.78 is 0. The third-order valence-electron chi connectivity index (χ3n) is 4.30. The van der Waals surface area contributed by atoms with Gasteiger partial charge in [-0.15, -0.1) is 0 Å². The van der Waals surface area contributed by atoms with Crippen molar-refractivity contribution in [1.29, 1.82) is 0 Å². The van der Waals surface area contributed by atoms with Gasteiger partial charge >= 0.3 is 0 Å². The Balaban J connectivity index is 1.87. The predicted octanol–water partition coefficient (Wildman–Crippen LogP) is 1.57. The molecule has 20 heavy (non-hydrogen) atoms. The quantitative estimate of drug-likeness (QED) is 0.873. The van der Waals surface area contributed by atoms with Crippen molar-refractivity contribution in [2.24, 2.45) is 11.7 Å². The molecule has 1 aliphatic heterocycles. The molecule has 0 bridgehead atoms. The van der Waals surface area contributed by atoms with Crippen LogP contribution in [0.2, 0.25) is 0 Å². The minimum absolute atomic E-state index is 0.634. The van der Waals surface area contributed by atoms with Crippen LogP contribution in [0.5, 0.6) is 0 Å². The smallest absolute Gasteiger partial charge is 0.227 e. The van der Waals surface area contributed by atoms with Crippen LogP contribution in [-0.4, -0.2) is 36.1 Å². The Morgan fingerprint density at radius 2 is 2.20 bits per heavy atom. The summed E-state index contributed by atoms with van der Waals surface area (Å²) in [5.74, 6) is 2.67. The Morgan fingerprint density at radius 3 is 3.00 bits per heavy atom. The molecule has 2 heterocycles. The van der Waals surface area contributed by atoms with Crippen LogP contribution in [0.3, 0.4) is 0 Å². The first kappa shape index (κ1) is 13.6. The standard InChI is InChI=1S/C15H25N5/c1-11-4-3-9-20(10-11)15-18-13-6-2-5-12(13)14(19-15)17-8-7-16/h11H,2-10,16H2,1H3,(H,17,18,19). The monoisotopic (exact) mass is 275 g/mol. The lowest BCUT2D eigenvalue weighted by atomic mass is 10.0. The summed E-state index contributed by atoms with van der Waals surface area (Å²) in [7, 11) is 0. The Kier molecular flexibility index (Phi) is 4.05. The fourth-order valence-corrected chi connectivity index (χ4v) is 3.27. The SMILES string of the molecule is CC1CCCN(c2nc3c(c(NCCN)n2)CCC3)C1. The summed E-state index contributed by atoms with van der Waals surface area (Å²) in [5, 5.41) is 3.38. The number of fused-ring (bicyclic) bond motifs is 1. The highest BCUT2D eigenvalue weighted by atomic mass is 15.3. The molecule has 110 valence electrons. The number of rotatable bonds is 4. The van der Waals surface area contributed by atoms with Crippen molar-refractivity contribution >= 4 is 11.8 Å². The molecule has 0 radical (unpaired) electrons. The van der Waals surface area contributed by atoms with E-state index in [0.29, 0.717) is 6.54 Å². The highest BCUT2D eigenvalue weighted by Crippen LogP contribution is 2.29. The van der Waals surface area contributed by atoms with Gasteiger partial charge in [-0.25, -0.2) is 4.98 Å². The topological polar surface area (TPSA) is 67.1 Å². The van der Waals surface area contributed by atoms with E-state index in [1.54, 1.807) is 0 Å². The molecule has 0 saturated carbocycles. The van der Waals surface area contributed by atoms with Crippen molar-refractivity contribution in [1.82, 2.24) is 9.97 Å². The molecule has 0 spiro atoms. The molecule has 3 rings (SSSR count). The van der Waals surface area contributed by atoms with E-state index in [0.717, 1.165) is 50.2 Å². The molecule has 1 unspecified atom stereocenters. The van der Waals surface area contributed by atoms with Crippen molar-refractivity contribution in [2.75, 3.05) is 36.4 Å². The highest BCUT2D eigenvalue weighted by Gasteiger charge is 2.23. The number of piperidine rings is 1. The van der Waals surface area contributed by atoms with E-state index >= 15 is 0 Å². The maximum Gasteiger partial charge on any atom is 0.227 e. The Labute approximate surface area is 121 Å². The fraction of sp³-hybridized carbons (Fsp3) is 0.733. The molecule has 1 saturated heterocycles. The number of hydrogen-bond donors (Lipinski definition) is 2. The highest BCUT2D eigenvalue weighted by molar-refractivity contribution is 5.53. The van der Waals surface area contributed by atoms with Crippen molar-refractivity contribution in [3.63, 3.8) is 0 Å². The van der Waals surface area contributed by atoms with Gasteiger partial charge in [0.2, 0.25) is 5.95 Å². The van der Waals surface area contributed by atoms with Crippen LogP contribution in [0.15, 0.2) is 0 Å². The first-order valence-corrected chi connectivity index (χ1v) is 7.86. The maximum absolute atomic E-state index is 5.60. The molecule has 1 aromatic heterocycles. The normalized spacial score (nSPS) is 21.9. The number of nitrogens with two attached hydrogens (primary N) is 1. The number of hydrogen-bond acceptors (Lipinski definition) is 5. The Morgan fingerprint density at radius 1 is 1.30 bits per heavy atom. The van der Waals surface area contributed by atoms with Crippen molar-refractivity contribution in [3.8, 4) is 0 Å². The number of aromatic nitrogens is 2. The minimum Gasteiger partial charge on any atom is -0.368 e. The lowest BCUT2D eigenvalue weighted by molar-refractivity contribution is 0.442. The molecule has 2 aliphatic rings. The summed E-state index contributed by atoms with van der Waals surface area (Å²) >= 11 is 0. The predicted molar refractivity (Wildman–Crippen MR) is 82.2 cm³/mol. The van der Waals surface area contributed by atoms with Gasteiger partial charge in [-0.05, 0) is 38.0 Å². The molecular weight excluding hydrogens is 250 g/mol. The number of anilines is 2. The van der Waals surface area contributed by atoms with Crippen LogP contribution in [0.4, 0.5) is 11.8 Å².